The quantitative estimate of drug-likeness (QED) is 0.936. The number of hydrogen-bond donors (Lipinski definition) is 1. The van der Waals surface area contributed by atoms with Gasteiger partial charge in [-0.25, -0.2) is 4.68 Å². The average molecular weight is 314 g/mol. The second kappa shape index (κ2) is 6.04. The molecule has 1 aromatic heterocycles. The fraction of sp³-hybridized carbons (Fsp3) is 0.357. The van der Waals surface area contributed by atoms with Gasteiger partial charge in [0.1, 0.15) is 5.75 Å². The number of benzene rings is 1. The molecule has 0 saturated heterocycles. The fourth-order valence-corrected chi connectivity index (χ4v) is 2.34. The largest absolute Gasteiger partial charge is 0.437 e. The molecule has 0 fully saturated rings. The van der Waals surface area contributed by atoms with Crippen molar-refractivity contribution in [2.45, 2.75) is 26.3 Å². The van der Waals surface area contributed by atoms with E-state index in [1.165, 1.54) is 0 Å². The van der Waals surface area contributed by atoms with Crippen molar-refractivity contribution in [3.63, 3.8) is 0 Å². The molecule has 0 spiro atoms. The topological polar surface area (TPSA) is 53.1 Å². The van der Waals surface area contributed by atoms with Crippen molar-refractivity contribution < 1.29 is 4.74 Å². The molecular weight excluding hydrogens is 297 g/mol. The van der Waals surface area contributed by atoms with Gasteiger partial charge in [-0.1, -0.05) is 23.2 Å². The standard InChI is InChI=1S/C14H17Cl2N3O/c1-8(17)6-11-9(2)18-19(3)14(11)20-13-7-10(15)4-5-12(13)16/h4-5,7-8H,6,17H2,1-3H3. The van der Waals surface area contributed by atoms with Gasteiger partial charge in [-0.3, -0.25) is 0 Å². The number of halogens is 2. The summed E-state index contributed by atoms with van der Waals surface area (Å²) in [5.74, 6) is 1.15. The monoisotopic (exact) mass is 313 g/mol. The van der Waals surface area contributed by atoms with E-state index in [0.717, 1.165) is 11.3 Å². The summed E-state index contributed by atoms with van der Waals surface area (Å²) < 4.78 is 7.59. The molecule has 2 rings (SSSR count). The highest BCUT2D eigenvalue weighted by Gasteiger charge is 2.17. The molecule has 0 radical (unpaired) electrons. The Balaban J connectivity index is 2.40. The number of nitrogens with two attached hydrogens (primary N) is 1. The molecule has 2 aromatic rings. The number of aromatic nitrogens is 2. The lowest BCUT2D eigenvalue weighted by Gasteiger charge is -2.11. The molecule has 1 atom stereocenters. The lowest BCUT2D eigenvalue weighted by atomic mass is 10.1. The summed E-state index contributed by atoms with van der Waals surface area (Å²) in [6.07, 6.45) is 0.688. The van der Waals surface area contributed by atoms with Crippen LogP contribution in [0.1, 0.15) is 18.2 Å². The van der Waals surface area contributed by atoms with Crippen molar-refractivity contribution in [1.82, 2.24) is 9.78 Å². The molecule has 0 saturated carbocycles. The van der Waals surface area contributed by atoms with Crippen LogP contribution in [-0.4, -0.2) is 15.8 Å². The zero-order chi connectivity index (χ0) is 14.9. The van der Waals surface area contributed by atoms with Crippen molar-refractivity contribution >= 4 is 23.2 Å². The molecule has 1 unspecified atom stereocenters. The zero-order valence-corrected chi connectivity index (χ0v) is 13.2. The minimum atomic E-state index is 0.0232. The Kier molecular flexibility index (Phi) is 4.58. The summed E-state index contributed by atoms with van der Waals surface area (Å²) in [6, 6.07) is 5.12. The Morgan fingerprint density at radius 3 is 2.75 bits per heavy atom. The minimum absolute atomic E-state index is 0.0232. The highest BCUT2D eigenvalue weighted by molar-refractivity contribution is 6.34. The maximum absolute atomic E-state index is 6.13. The van der Waals surface area contributed by atoms with E-state index in [1.807, 2.05) is 20.9 Å². The molecule has 1 heterocycles. The highest BCUT2D eigenvalue weighted by atomic mass is 35.5. The smallest absolute Gasteiger partial charge is 0.221 e. The van der Waals surface area contributed by atoms with Crippen molar-refractivity contribution in [3.05, 3.63) is 39.5 Å². The van der Waals surface area contributed by atoms with Crippen LogP contribution in [0.5, 0.6) is 11.6 Å². The Bertz CT molecular complexity index is 623. The van der Waals surface area contributed by atoms with Gasteiger partial charge in [0.05, 0.1) is 10.7 Å². The van der Waals surface area contributed by atoms with Crippen LogP contribution in [0.2, 0.25) is 10.0 Å². The number of hydrogen-bond acceptors (Lipinski definition) is 3. The molecule has 0 amide bonds. The third-order valence-corrected chi connectivity index (χ3v) is 3.46. The van der Waals surface area contributed by atoms with E-state index >= 15 is 0 Å². The summed E-state index contributed by atoms with van der Waals surface area (Å²) in [5, 5.41) is 5.44. The molecule has 0 bridgehead atoms. The third-order valence-electron chi connectivity index (χ3n) is 2.91. The van der Waals surface area contributed by atoms with E-state index in [2.05, 4.69) is 5.10 Å². The first-order valence-corrected chi connectivity index (χ1v) is 7.05. The Morgan fingerprint density at radius 2 is 2.10 bits per heavy atom. The molecule has 2 N–H and O–H groups in total. The van der Waals surface area contributed by atoms with Crippen molar-refractivity contribution in [2.75, 3.05) is 0 Å². The van der Waals surface area contributed by atoms with Gasteiger partial charge in [-0.2, -0.15) is 5.10 Å². The Labute approximate surface area is 128 Å². The maximum Gasteiger partial charge on any atom is 0.221 e. The molecule has 0 aliphatic heterocycles. The van der Waals surface area contributed by atoms with Gasteiger partial charge in [0, 0.05) is 29.7 Å². The fourth-order valence-electron chi connectivity index (χ4n) is 2.03. The van der Waals surface area contributed by atoms with E-state index < -0.39 is 0 Å². The predicted molar refractivity (Wildman–Crippen MR) is 81.8 cm³/mol. The lowest BCUT2D eigenvalue weighted by molar-refractivity contribution is 0.424. The van der Waals surface area contributed by atoms with Crippen LogP contribution in [-0.2, 0) is 13.5 Å². The number of nitrogens with zero attached hydrogens (tertiary/aromatic N) is 2. The highest BCUT2D eigenvalue weighted by Crippen LogP contribution is 2.34. The van der Waals surface area contributed by atoms with E-state index in [0.29, 0.717) is 28.1 Å². The van der Waals surface area contributed by atoms with Crippen LogP contribution in [0.4, 0.5) is 0 Å². The second-order valence-electron chi connectivity index (χ2n) is 4.85. The van der Waals surface area contributed by atoms with Crippen LogP contribution < -0.4 is 10.5 Å². The molecule has 0 aliphatic carbocycles. The molecule has 108 valence electrons. The van der Waals surface area contributed by atoms with E-state index in [-0.39, 0.29) is 6.04 Å². The first kappa shape index (κ1) is 15.2. The van der Waals surface area contributed by atoms with Gasteiger partial charge in [0.2, 0.25) is 5.88 Å². The minimum Gasteiger partial charge on any atom is -0.437 e. The van der Waals surface area contributed by atoms with Crippen molar-refractivity contribution in [3.8, 4) is 11.6 Å². The third kappa shape index (κ3) is 3.26. The van der Waals surface area contributed by atoms with E-state index in [1.54, 1.807) is 22.9 Å². The van der Waals surface area contributed by atoms with Gasteiger partial charge in [-0.05, 0) is 32.4 Å². The van der Waals surface area contributed by atoms with Crippen LogP contribution in [0.3, 0.4) is 0 Å². The second-order valence-corrected chi connectivity index (χ2v) is 5.69. The van der Waals surface area contributed by atoms with Gasteiger partial charge in [-0.15, -0.1) is 0 Å². The van der Waals surface area contributed by atoms with Gasteiger partial charge in [0.25, 0.3) is 0 Å². The van der Waals surface area contributed by atoms with Gasteiger partial charge < -0.3 is 10.5 Å². The molecule has 6 heteroatoms. The van der Waals surface area contributed by atoms with Crippen LogP contribution in [0.25, 0.3) is 0 Å². The van der Waals surface area contributed by atoms with Crippen LogP contribution in [0.15, 0.2) is 18.2 Å². The Morgan fingerprint density at radius 1 is 1.40 bits per heavy atom. The molecule has 20 heavy (non-hydrogen) atoms. The molecule has 0 aliphatic rings. The number of rotatable bonds is 4. The molecular formula is C14H17Cl2N3O. The predicted octanol–water partition coefficient (Wildman–Crippen LogP) is 3.72. The van der Waals surface area contributed by atoms with Crippen molar-refractivity contribution in [1.29, 1.82) is 0 Å². The van der Waals surface area contributed by atoms with E-state index in [4.69, 9.17) is 33.7 Å². The lowest BCUT2D eigenvalue weighted by Crippen LogP contribution is -2.18. The molecule has 1 aromatic carbocycles. The first-order chi connectivity index (χ1) is 9.38. The van der Waals surface area contributed by atoms with Crippen LogP contribution in [0, 0.1) is 6.92 Å². The molecule has 4 nitrogen and oxygen atoms in total. The summed E-state index contributed by atoms with van der Waals surface area (Å²) in [7, 11) is 1.82. The van der Waals surface area contributed by atoms with Crippen LogP contribution >= 0.6 is 23.2 Å². The first-order valence-electron chi connectivity index (χ1n) is 6.29. The maximum atomic E-state index is 6.13. The summed E-state index contributed by atoms with van der Waals surface area (Å²) in [5.41, 5.74) is 7.76. The summed E-state index contributed by atoms with van der Waals surface area (Å²) in [4.78, 5) is 0. The normalized spacial score (nSPS) is 12.5. The van der Waals surface area contributed by atoms with Crippen molar-refractivity contribution in [2.24, 2.45) is 12.8 Å². The number of ether oxygens (including phenoxy) is 1. The van der Waals surface area contributed by atoms with Gasteiger partial charge >= 0.3 is 0 Å². The summed E-state index contributed by atoms with van der Waals surface area (Å²) >= 11 is 12.1. The van der Waals surface area contributed by atoms with Gasteiger partial charge in [0.15, 0.2) is 0 Å². The number of aryl methyl sites for hydroxylation is 2. The Hall–Kier alpha value is -1.23. The summed E-state index contributed by atoms with van der Waals surface area (Å²) in [6.45, 7) is 3.88. The average Bonchev–Trinajstić information content (AvgIpc) is 2.60. The SMILES string of the molecule is Cc1nn(C)c(Oc2cc(Cl)ccc2Cl)c1CC(C)N. The zero-order valence-electron chi connectivity index (χ0n) is 11.7. The van der Waals surface area contributed by atoms with E-state index in [9.17, 15) is 0 Å².